The minimum atomic E-state index is -0.737. The van der Waals surface area contributed by atoms with Crippen molar-refractivity contribution in [3.8, 4) is 18.2 Å². The van der Waals surface area contributed by atoms with E-state index in [1.54, 1.807) is 0 Å². The summed E-state index contributed by atoms with van der Waals surface area (Å²) in [5.41, 5.74) is -0.737. The van der Waals surface area contributed by atoms with Gasteiger partial charge < -0.3 is 0 Å². The van der Waals surface area contributed by atoms with Gasteiger partial charge in [0.2, 0.25) is 0 Å². The molecule has 0 aliphatic rings. The quantitative estimate of drug-likeness (QED) is 0.593. The molecule has 0 saturated heterocycles. The molecule has 0 saturated carbocycles. The van der Waals surface area contributed by atoms with Crippen LogP contribution in [0.3, 0.4) is 0 Å². The van der Waals surface area contributed by atoms with E-state index in [2.05, 4.69) is 11.2 Å². The Kier molecular flexibility index (Phi) is 6.51. The fourth-order valence-electron chi connectivity index (χ4n) is 1.39. The smallest absolute Gasteiger partial charge is 0.0826 e. The molecule has 0 amide bonds. The van der Waals surface area contributed by atoms with Crippen LogP contribution in [0, 0.1) is 44.3 Å². The molecule has 0 spiro atoms. The minimum Gasteiger partial charge on any atom is -0.198 e. The Labute approximate surface area is 88.9 Å². The van der Waals surface area contributed by atoms with E-state index in [4.69, 9.17) is 15.8 Å². The first kappa shape index (κ1) is 13.1. The van der Waals surface area contributed by atoms with Crippen LogP contribution < -0.4 is 0 Å². The molecule has 0 unspecified atom stereocenters. The molecule has 0 bridgehead atoms. The molecule has 0 aromatic rings. The molecule has 78 valence electrons. The van der Waals surface area contributed by atoms with Crippen LogP contribution in [0.4, 0.5) is 0 Å². The summed E-state index contributed by atoms with van der Waals surface area (Å²) in [4.78, 5) is 10.0. The average Bonchev–Trinajstić information content (AvgIpc) is 2.29. The summed E-state index contributed by atoms with van der Waals surface area (Å²) in [5.74, 6) is 0. The Morgan fingerprint density at radius 1 is 1.00 bits per heavy atom. The molecular weight excluding hydrogens is 192 g/mol. The predicted molar refractivity (Wildman–Crippen MR) is 53.0 cm³/mol. The zero-order valence-corrected chi connectivity index (χ0v) is 8.44. The second kappa shape index (κ2) is 7.47. The third kappa shape index (κ3) is 4.74. The second-order valence-corrected chi connectivity index (χ2v) is 3.31. The largest absolute Gasteiger partial charge is 0.198 e. The molecule has 0 radical (unpaired) electrons. The first-order valence-corrected chi connectivity index (χ1v) is 4.69. The SMILES string of the molecule is N#CCCC(C#N)(CCC#N)CCN=O. The second-order valence-electron chi connectivity index (χ2n) is 3.31. The van der Waals surface area contributed by atoms with E-state index in [1.807, 2.05) is 12.1 Å². The van der Waals surface area contributed by atoms with Gasteiger partial charge in [0.1, 0.15) is 0 Å². The van der Waals surface area contributed by atoms with E-state index >= 15 is 0 Å². The standard InChI is InChI=1S/C10H12N4O/c11-6-1-3-10(9-13,4-2-7-12)5-8-14-15/h1-5,8H2. The van der Waals surface area contributed by atoms with Gasteiger partial charge in [-0.2, -0.15) is 20.7 Å². The average molecular weight is 204 g/mol. The van der Waals surface area contributed by atoms with Gasteiger partial charge in [0.05, 0.1) is 30.2 Å². The minimum absolute atomic E-state index is 0.0599. The molecule has 0 rings (SSSR count). The lowest BCUT2D eigenvalue weighted by atomic mass is 9.78. The van der Waals surface area contributed by atoms with Gasteiger partial charge in [-0.25, -0.2) is 0 Å². The molecule has 0 N–H and O–H groups in total. The van der Waals surface area contributed by atoms with Crippen LogP contribution in [0.2, 0.25) is 0 Å². The van der Waals surface area contributed by atoms with E-state index in [1.165, 1.54) is 0 Å². The monoisotopic (exact) mass is 204 g/mol. The van der Waals surface area contributed by atoms with Gasteiger partial charge in [-0.3, -0.25) is 0 Å². The lowest BCUT2D eigenvalue weighted by molar-refractivity contribution is 0.321. The summed E-state index contributed by atoms with van der Waals surface area (Å²) >= 11 is 0. The van der Waals surface area contributed by atoms with Gasteiger partial charge in [0, 0.05) is 12.8 Å². The van der Waals surface area contributed by atoms with Gasteiger partial charge in [0.25, 0.3) is 0 Å². The van der Waals surface area contributed by atoms with Gasteiger partial charge in [-0.1, -0.05) is 5.18 Å². The molecule has 0 heterocycles. The zero-order chi connectivity index (χ0) is 11.6. The van der Waals surface area contributed by atoms with Crippen LogP contribution in [0.1, 0.15) is 32.1 Å². The molecule has 0 aliphatic heterocycles. The number of nitriles is 3. The fraction of sp³-hybridized carbons (Fsp3) is 0.700. The number of nitroso groups, excluding NO2 is 1. The summed E-state index contributed by atoms with van der Waals surface area (Å²) in [6, 6.07) is 6.05. The highest BCUT2D eigenvalue weighted by molar-refractivity contribution is 5.01. The van der Waals surface area contributed by atoms with Crippen molar-refractivity contribution in [2.24, 2.45) is 10.6 Å². The van der Waals surface area contributed by atoms with E-state index in [0.717, 1.165) is 0 Å². The molecule has 15 heavy (non-hydrogen) atoms. The Morgan fingerprint density at radius 3 is 1.87 bits per heavy atom. The van der Waals surface area contributed by atoms with Gasteiger partial charge in [0.15, 0.2) is 0 Å². The Hall–Kier alpha value is -1.93. The van der Waals surface area contributed by atoms with Crippen LogP contribution in [0.15, 0.2) is 5.18 Å². The lowest BCUT2D eigenvalue weighted by Gasteiger charge is -2.22. The Balaban J connectivity index is 4.47. The van der Waals surface area contributed by atoms with Crippen LogP contribution in [0.25, 0.3) is 0 Å². The molecule has 0 aromatic carbocycles. The van der Waals surface area contributed by atoms with E-state index in [-0.39, 0.29) is 19.4 Å². The van der Waals surface area contributed by atoms with Crippen molar-refractivity contribution in [3.05, 3.63) is 4.91 Å². The molecule has 0 aliphatic carbocycles. The van der Waals surface area contributed by atoms with Crippen molar-refractivity contribution in [1.82, 2.24) is 0 Å². The zero-order valence-electron chi connectivity index (χ0n) is 8.44. The van der Waals surface area contributed by atoms with Crippen molar-refractivity contribution in [2.75, 3.05) is 6.54 Å². The van der Waals surface area contributed by atoms with Crippen LogP contribution in [0.5, 0.6) is 0 Å². The highest BCUT2D eigenvalue weighted by atomic mass is 16.3. The summed E-state index contributed by atoms with van der Waals surface area (Å²) < 4.78 is 0. The predicted octanol–water partition coefficient (Wildman–Crippen LogP) is 2.26. The maximum absolute atomic E-state index is 10.0. The maximum Gasteiger partial charge on any atom is 0.0826 e. The van der Waals surface area contributed by atoms with Gasteiger partial charge >= 0.3 is 0 Å². The summed E-state index contributed by atoms with van der Waals surface area (Å²) in [5, 5.41) is 28.7. The van der Waals surface area contributed by atoms with Crippen molar-refractivity contribution in [1.29, 1.82) is 15.8 Å². The first-order chi connectivity index (χ1) is 7.24. The number of hydrogen-bond acceptors (Lipinski definition) is 5. The topological polar surface area (TPSA) is 101 Å². The van der Waals surface area contributed by atoms with Crippen LogP contribution >= 0.6 is 0 Å². The lowest BCUT2D eigenvalue weighted by Crippen LogP contribution is -2.19. The Morgan fingerprint density at radius 2 is 1.53 bits per heavy atom. The molecular formula is C10H12N4O. The summed E-state index contributed by atoms with van der Waals surface area (Å²) in [6.07, 6.45) is 1.65. The molecule has 5 heteroatoms. The summed E-state index contributed by atoms with van der Waals surface area (Å²) in [7, 11) is 0. The summed E-state index contributed by atoms with van der Waals surface area (Å²) in [6.45, 7) is 0.0599. The van der Waals surface area contributed by atoms with Crippen LogP contribution in [-0.2, 0) is 0 Å². The van der Waals surface area contributed by atoms with E-state index in [9.17, 15) is 4.91 Å². The third-order valence-corrected chi connectivity index (χ3v) is 2.35. The molecule has 0 atom stereocenters. The highest BCUT2D eigenvalue weighted by Crippen LogP contribution is 2.32. The van der Waals surface area contributed by atoms with Crippen molar-refractivity contribution in [2.45, 2.75) is 32.1 Å². The molecule has 5 nitrogen and oxygen atoms in total. The van der Waals surface area contributed by atoms with Gasteiger partial charge in [-0.15, -0.1) is 0 Å². The maximum atomic E-state index is 10.0. The molecule has 0 aromatic heterocycles. The van der Waals surface area contributed by atoms with E-state index < -0.39 is 5.41 Å². The number of hydrogen-bond donors (Lipinski definition) is 0. The Bertz CT molecular complexity index is 300. The van der Waals surface area contributed by atoms with Crippen LogP contribution in [-0.4, -0.2) is 6.54 Å². The van der Waals surface area contributed by atoms with Gasteiger partial charge in [-0.05, 0) is 19.3 Å². The molecule has 0 fully saturated rings. The first-order valence-electron chi connectivity index (χ1n) is 4.69. The number of nitrogens with zero attached hydrogens (tertiary/aromatic N) is 4. The normalized spacial score (nSPS) is 9.67. The van der Waals surface area contributed by atoms with Crippen molar-refractivity contribution in [3.63, 3.8) is 0 Å². The third-order valence-electron chi connectivity index (χ3n) is 2.35. The number of rotatable bonds is 7. The van der Waals surface area contributed by atoms with Crippen molar-refractivity contribution >= 4 is 0 Å². The highest BCUT2D eigenvalue weighted by Gasteiger charge is 2.29. The van der Waals surface area contributed by atoms with E-state index in [0.29, 0.717) is 19.3 Å². The van der Waals surface area contributed by atoms with Crippen molar-refractivity contribution < 1.29 is 0 Å². The fourth-order valence-corrected chi connectivity index (χ4v) is 1.39.